The monoisotopic (exact) mass is 504 g/mol. The Bertz CT molecular complexity index is 1550. The van der Waals surface area contributed by atoms with Crippen LogP contribution in [-0.2, 0) is 17.8 Å². The van der Waals surface area contributed by atoms with Crippen LogP contribution in [0.25, 0.3) is 10.9 Å². The van der Waals surface area contributed by atoms with Gasteiger partial charge in [0.05, 0.1) is 4.92 Å². The highest BCUT2D eigenvalue weighted by molar-refractivity contribution is 5.87. The average molecular weight is 505 g/mol. The van der Waals surface area contributed by atoms with E-state index in [0.717, 1.165) is 27.7 Å². The molecule has 190 valence electrons. The van der Waals surface area contributed by atoms with Crippen molar-refractivity contribution in [2.45, 2.75) is 25.3 Å². The van der Waals surface area contributed by atoms with Crippen LogP contribution < -0.4 is 5.32 Å². The van der Waals surface area contributed by atoms with E-state index in [4.69, 9.17) is 0 Å². The molecule has 1 amide bonds. The number of amides is 1. The number of benzene rings is 3. The van der Waals surface area contributed by atoms with Crippen molar-refractivity contribution in [3.8, 4) is 0 Å². The second-order valence-electron chi connectivity index (χ2n) is 9.21. The summed E-state index contributed by atoms with van der Waals surface area (Å²) < 4.78 is 2.15. The summed E-state index contributed by atoms with van der Waals surface area (Å²) >= 11 is 0. The molecule has 0 radical (unpaired) electrons. The van der Waals surface area contributed by atoms with E-state index in [-0.39, 0.29) is 22.9 Å². The lowest BCUT2D eigenvalue weighted by molar-refractivity contribution is -0.385. The van der Waals surface area contributed by atoms with Crippen LogP contribution in [0.4, 0.5) is 5.69 Å². The minimum Gasteiger partial charge on any atom is -0.356 e. The zero-order valence-electron chi connectivity index (χ0n) is 20.9. The second-order valence-corrected chi connectivity index (χ2v) is 9.21. The van der Waals surface area contributed by atoms with E-state index in [1.807, 2.05) is 66.9 Å². The number of hydrogen-bond donors (Lipinski definition) is 1. The minimum absolute atomic E-state index is 0.0127. The summed E-state index contributed by atoms with van der Waals surface area (Å²) in [6.07, 6.45) is 4.47. The first-order valence-electron chi connectivity index (χ1n) is 12.6. The first kappa shape index (κ1) is 24.9. The van der Waals surface area contributed by atoms with Gasteiger partial charge in [0.25, 0.3) is 5.69 Å². The maximum atomic E-state index is 13.2. The summed E-state index contributed by atoms with van der Waals surface area (Å²) in [5, 5.41) is 15.9. The number of carbonyl (C=O) groups excluding carboxylic acids is 1. The fourth-order valence-corrected chi connectivity index (χ4v) is 4.93. The lowest BCUT2D eigenvalue weighted by Crippen LogP contribution is -2.27. The Morgan fingerprint density at radius 2 is 1.63 bits per heavy atom. The van der Waals surface area contributed by atoms with Gasteiger partial charge in [-0.15, -0.1) is 0 Å². The minimum atomic E-state index is -0.492. The lowest BCUT2D eigenvalue weighted by Gasteiger charge is -2.17. The molecule has 1 unspecified atom stereocenters. The molecular formula is C31H28N4O3. The van der Waals surface area contributed by atoms with Crippen molar-refractivity contribution in [2.24, 2.45) is 0 Å². The van der Waals surface area contributed by atoms with Gasteiger partial charge in [-0.05, 0) is 29.3 Å². The first-order chi connectivity index (χ1) is 18.6. The summed E-state index contributed by atoms with van der Waals surface area (Å²) in [6, 6.07) is 30.6. The van der Waals surface area contributed by atoms with E-state index in [1.54, 1.807) is 24.4 Å². The third-order valence-electron chi connectivity index (χ3n) is 6.72. The Balaban J connectivity index is 1.50. The highest BCUT2D eigenvalue weighted by Gasteiger charge is 2.28. The fraction of sp³-hybridized carbons (Fsp3) is 0.161. The van der Waals surface area contributed by atoms with E-state index in [1.165, 1.54) is 6.07 Å². The van der Waals surface area contributed by atoms with Crippen LogP contribution in [0.5, 0.6) is 0 Å². The van der Waals surface area contributed by atoms with Gasteiger partial charge >= 0.3 is 0 Å². The number of hydrogen-bond acceptors (Lipinski definition) is 4. The second kappa shape index (κ2) is 11.5. The standard InChI is InChI=1S/C31H28N4O3/c36-31(33-19-17-24-12-8-9-18-32-24)20-27(25-13-5-7-16-30(25)35(37)38)28-22-34(21-23-10-2-1-3-11-23)29-15-6-4-14-26(28)29/h1-16,18,22,27H,17,19-21H2,(H,33,36). The number of carbonyl (C=O) groups is 1. The number of rotatable bonds is 10. The van der Waals surface area contributed by atoms with Crippen LogP contribution in [0.15, 0.2) is 109 Å². The number of fused-ring (bicyclic) bond motifs is 1. The zero-order chi connectivity index (χ0) is 26.3. The van der Waals surface area contributed by atoms with Gasteiger partial charge in [-0.2, -0.15) is 0 Å². The van der Waals surface area contributed by atoms with Gasteiger partial charge in [0.1, 0.15) is 0 Å². The molecule has 5 aromatic rings. The smallest absolute Gasteiger partial charge is 0.273 e. The predicted molar refractivity (Wildman–Crippen MR) is 148 cm³/mol. The van der Waals surface area contributed by atoms with Crippen LogP contribution in [0.1, 0.15) is 34.7 Å². The first-order valence-corrected chi connectivity index (χ1v) is 12.6. The Labute approximate surface area is 220 Å². The van der Waals surface area contributed by atoms with Crippen molar-refractivity contribution >= 4 is 22.5 Å². The van der Waals surface area contributed by atoms with Crippen molar-refractivity contribution in [1.29, 1.82) is 0 Å². The van der Waals surface area contributed by atoms with E-state index in [0.29, 0.717) is 25.1 Å². The van der Waals surface area contributed by atoms with E-state index in [2.05, 4.69) is 27.0 Å². The number of nitrogens with zero attached hydrogens (tertiary/aromatic N) is 3. The highest BCUT2D eigenvalue weighted by atomic mass is 16.6. The molecule has 2 heterocycles. The van der Waals surface area contributed by atoms with Crippen molar-refractivity contribution in [1.82, 2.24) is 14.9 Å². The van der Waals surface area contributed by atoms with Gasteiger partial charge in [0, 0.05) is 72.5 Å². The molecule has 0 spiro atoms. The van der Waals surface area contributed by atoms with Gasteiger partial charge < -0.3 is 9.88 Å². The summed E-state index contributed by atoms with van der Waals surface area (Å²) in [5.41, 5.74) is 4.50. The summed E-state index contributed by atoms with van der Waals surface area (Å²) in [7, 11) is 0. The molecular weight excluding hydrogens is 476 g/mol. The van der Waals surface area contributed by atoms with Gasteiger partial charge in [0.15, 0.2) is 0 Å². The van der Waals surface area contributed by atoms with Crippen LogP contribution >= 0.6 is 0 Å². The molecule has 0 saturated carbocycles. The van der Waals surface area contributed by atoms with Crippen LogP contribution in [0.2, 0.25) is 0 Å². The fourth-order valence-electron chi connectivity index (χ4n) is 4.93. The molecule has 7 heteroatoms. The van der Waals surface area contributed by atoms with E-state index < -0.39 is 5.92 Å². The molecule has 0 saturated heterocycles. The third kappa shape index (κ3) is 5.62. The van der Waals surface area contributed by atoms with Crippen molar-refractivity contribution < 1.29 is 9.72 Å². The Hall–Kier alpha value is -4.78. The Kier molecular flexibility index (Phi) is 7.54. The summed E-state index contributed by atoms with van der Waals surface area (Å²) in [4.78, 5) is 29.1. The Morgan fingerprint density at radius 1 is 0.895 bits per heavy atom. The highest BCUT2D eigenvalue weighted by Crippen LogP contribution is 2.38. The number of nitro groups is 1. The molecule has 0 aliphatic heterocycles. The van der Waals surface area contributed by atoms with Crippen LogP contribution in [0, 0.1) is 10.1 Å². The molecule has 0 aliphatic rings. The lowest BCUT2D eigenvalue weighted by atomic mass is 9.87. The molecule has 0 aliphatic carbocycles. The van der Waals surface area contributed by atoms with Crippen molar-refractivity contribution in [3.63, 3.8) is 0 Å². The normalized spacial score (nSPS) is 11.8. The van der Waals surface area contributed by atoms with Crippen molar-refractivity contribution in [3.05, 3.63) is 142 Å². The number of aromatic nitrogens is 2. The Morgan fingerprint density at radius 3 is 2.42 bits per heavy atom. The largest absolute Gasteiger partial charge is 0.356 e. The molecule has 1 atom stereocenters. The van der Waals surface area contributed by atoms with Gasteiger partial charge in [-0.3, -0.25) is 19.9 Å². The van der Waals surface area contributed by atoms with Crippen molar-refractivity contribution in [2.75, 3.05) is 6.54 Å². The van der Waals surface area contributed by atoms with Gasteiger partial charge in [-0.1, -0.05) is 72.8 Å². The topological polar surface area (TPSA) is 90.1 Å². The molecule has 3 aromatic carbocycles. The number of para-hydroxylation sites is 2. The SMILES string of the molecule is O=C(CC(c1ccccc1[N+](=O)[O-])c1cn(Cc2ccccc2)c2ccccc12)NCCc1ccccn1. The predicted octanol–water partition coefficient (Wildman–Crippen LogP) is 5.87. The molecule has 38 heavy (non-hydrogen) atoms. The zero-order valence-corrected chi connectivity index (χ0v) is 20.9. The molecule has 7 nitrogen and oxygen atoms in total. The van der Waals surface area contributed by atoms with Gasteiger partial charge in [-0.25, -0.2) is 0 Å². The van der Waals surface area contributed by atoms with Crippen LogP contribution in [0.3, 0.4) is 0 Å². The van der Waals surface area contributed by atoms with Crippen LogP contribution in [-0.4, -0.2) is 26.9 Å². The molecule has 1 N–H and O–H groups in total. The average Bonchev–Trinajstić information content (AvgIpc) is 3.31. The summed E-state index contributed by atoms with van der Waals surface area (Å²) in [5.74, 6) is -0.655. The molecule has 0 bridgehead atoms. The number of pyridine rings is 1. The molecule has 2 aromatic heterocycles. The van der Waals surface area contributed by atoms with E-state index in [9.17, 15) is 14.9 Å². The number of nitro benzene ring substituents is 1. The quantitative estimate of drug-likeness (QED) is 0.190. The number of nitrogens with one attached hydrogen (secondary N) is 1. The van der Waals surface area contributed by atoms with E-state index >= 15 is 0 Å². The molecule has 5 rings (SSSR count). The maximum absolute atomic E-state index is 13.2. The summed E-state index contributed by atoms with van der Waals surface area (Å²) in [6.45, 7) is 1.09. The van der Waals surface area contributed by atoms with Gasteiger partial charge in [0.2, 0.25) is 5.91 Å². The molecule has 0 fully saturated rings. The third-order valence-corrected chi connectivity index (χ3v) is 6.72. The maximum Gasteiger partial charge on any atom is 0.273 e.